The van der Waals surface area contributed by atoms with Crippen molar-refractivity contribution in [3.8, 4) is 0 Å². The van der Waals surface area contributed by atoms with Crippen molar-refractivity contribution in [1.29, 1.82) is 0 Å². The molecule has 2 aromatic heterocycles. The highest BCUT2D eigenvalue weighted by molar-refractivity contribution is 8.00. The summed E-state index contributed by atoms with van der Waals surface area (Å²) in [6, 6.07) is 6.03. The molecule has 0 saturated heterocycles. The monoisotopic (exact) mass is 415 g/mol. The van der Waals surface area contributed by atoms with Gasteiger partial charge in [0.15, 0.2) is 0 Å². The van der Waals surface area contributed by atoms with Gasteiger partial charge in [0.1, 0.15) is 22.0 Å². The Morgan fingerprint density at radius 2 is 1.93 bits per heavy atom. The maximum Gasteiger partial charge on any atom is 0.233 e. The van der Waals surface area contributed by atoms with Crippen LogP contribution < -0.4 is 5.32 Å². The molecule has 0 bridgehead atoms. The largest absolute Gasteiger partial charge is 0.349 e. The first-order chi connectivity index (χ1) is 13.5. The lowest BCUT2D eigenvalue weighted by atomic mass is 9.97. The van der Waals surface area contributed by atoms with Crippen LogP contribution in [0, 0.1) is 5.82 Å². The summed E-state index contributed by atoms with van der Waals surface area (Å²) in [6.07, 6.45) is 6.21. The molecule has 3 aromatic rings. The van der Waals surface area contributed by atoms with Gasteiger partial charge in [0.05, 0.1) is 11.3 Å². The molecule has 2 atom stereocenters. The van der Waals surface area contributed by atoms with Gasteiger partial charge >= 0.3 is 0 Å². The van der Waals surface area contributed by atoms with Crippen LogP contribution in [0.3, 0.4) is 0 Å². The summed E-state index contributed by atoms with van der Waals surface area (Å²) in [5.74, 6) is -0.337. The van der Waals surface area contributed by atoms with E-state index in [0.29, 0.717) is 0 Å². The SMILES string of the molecule is C[C@@H](Sc1ncnc2sc3c(c12)CCCC3)C(=O)N[C@H](C)c1ccc(F)cc1. The van der Waals surface area contributed by atoms with E-state index < -0.39 is 0 Å². The minimum absolute atomic E-state index is 0.0577. The normalized spacial score (nSPS) is 15.8. The average molecular weight is 416 g/mol. The first kappa shape index (κ1) is 19.3. The molecular weight excluding hydrogens is 393 g/mol. The number of benzene rings is 1. The van der Waals surface area contributed by atoms with Gasteiger partial charge in [-0.05, 0) is 62.8 Å². The van der Waals surface area contributed by atoms with Gasteiger partial charge in [-0.25, -0.2) is 14.4 Å². The van der Waals surface area contributed by atoms with Crippen LogP contribution >= 0.6 is 23.1 Å². The molecule has 1 aliphatic rings. The maximum absolute atomic E-state index is 13.1. The summed E-state index contributed by atoms with van der Waals surface area (Å²) in [7, 11) is 0. The summed E-state index contributed by atoms with van der Waals surface area (Å²) >= 11 is 3.24. The van der Waals surface area contributed by atoms with Crippen LogP contribution in [0.1, 0.15) is 48.7 Å². The van der Waals surface area contributed by atoms with Crippen LogP contribution in [0.5, 0.6) is 0 Å². The Balaban J connectivity index is 1.50. The number of halogens is 1. The van der Waals surface area contributed by atoms with E-state index in [4.69, 9.17) is 0 Å². The lowest BCUT2D eigenvalue weighted by molar-refractivity contribution is -0.120. The summed E-state index contributed by atoms with van der Waals surface area (Å²) < 4.78 is 13.1. The number of nitrogens with one attached hydrogen (secondary N) is 1. The highest BCUT2D eigenvalue weighted by atomic mass is 32.2. The van der Waals surface area contributed by atoms with Crippen LogP contribution in [0.15, 0.2) is 35.6 Å². The van der Waals surface area contributed by atoms with E-state index in [1.54, 1.807) is 29.8 Å². The van der Waals surface area contributed by atoms with Crippen LogP contribution in [-0.4, -0.2) is 21.1 Å². The van der Waals surface area contributed by atoms with E-state index in [0.717, 1.165) is 33.6 Å². The second-order valence-electron chi connectivity index (χ2n) is 7.11. The molecule has 7 heteroatoms. The first-order valence-corrected chi connectivity index (χ1v) is 11.2. The van der Waals surface area contributed by atoms with Crippen molar-refractivity contribution in [3.05, 3.63) is 52.4 Å². The molecule has 4 rings (SSSR count). The fourth-order valence-electron chi connectivity index (χ4n) is 3.54. The topological polar surface area (TPSA) is 54.9 Å². The number of hydrogen-bond donors (Lipinski definition) is 1. The van der Waals surface area contributed by atoms with Crippen molar-refractivity contribution in [1.82, 2.24) is 15.3 Å². The summed E-state index contributed by atoms with van der Waals surface area (Å²) in [6.45, 7) is 3.80. The molecule has 146 valence electrons. The number of thioether (sulfide) groups is 1. The fraction of sp³-hybridized carbons (Fsp3) is 0.381. The zero-order chi connectivity index (χ0) is 19.7. The lowest BCUT2D eigenvalue weighted by Crippen LogP contribution is -2.33. The third-order valence-corrected chi connectivity index (χ3v) is 7.40. The number of thiophene rings is 1. The zero-order valence-corrected chi connectivity index (χ0v) is 17.5. The molecule has 0 saturated carbocycles. The zero-order valence-electron chi connectivity index (χ0n) is 15.9. The smallest absolute Gasteiger partial charge is 0.233 e. The van der Waals surface area contributed by atoms with Crippen molar-refractivity contribution >= 4 is 39.2 Å². The molecule has 28 heavy (non-hydrogen) atoms. The number of amides is 1. The number of rotatable bonds is 5. The molecule has 0 radical (unpaired) electrons. The predicted molar refractivity (Wildman–Crippen MR) is 112 cm³/mol. The number of carbonyl (C=O) groups is 1. The molecule has 4 nitrogen and oxygen atoms in total. The van der Waals surface area contributed by atoms with Crippen molar-refractivity contribution in [3.63, 3.8) is 0 Å². The third-order valence-electron chi connectivity index (χ3n) is 5.10. The van der Waals surface area contributed by atoms with Crippen LogP contribution in [0.2, 0.25) is 0 Å². The number of hydrogen-bond acceptors (Lipinski definition) is 5. The Hall–Kier alpha value is -1.99. The fourth-order valence-corrected chi connectivity index (χ4v) is 5.79. The summed E-state index contributed by atoms with van der Waals surface area (Å²) in [5, 5.41) is 4.75. The van der Waals surface area contributed by atoms with Gasteiger partial charge in [0.2, 0.25) is 5.91 Å². The van der Waals surface area contributed by atoms with E-state index in [-0.39, 0.29) is 23.0 Å². The van der Waals surface area contributed by atoms with E-state index in [1.165, 1.54) is 47.2 Å². The highest BCUT2D eigenvalue weighted by Gasteiger charge is 2.23. The van der Waals surface area contributed by atoms with Crippen molar-refractivity contribution in [2.45, 2.75) is 55.8 Å². The predicted octanol–water partition coefficient (Wildman–Crippen LogP) is 5.07. The van der Waals surface area contributed by atoms with Gasteiger partial charge in [-0.15, -0.1) is 11.3 Å². The molecule has 0 spiro atoms. The Morgan fingerprint density at radius 1 is 1.18 bits per heavy atom. The standard InChI is InChI=1S/C21H22FN3OS2/c1-12(14-7-9-15(22)10-8-14)25-19(26)13(2)27-20-18-16-5-3-4-6-17(16)28-21(18)24-11-23-20/h7-13H,3-6H2,1-2H3,(H,25,26)/t12-,13-/m1/s1. The molecule has 0 unspecified atom stereocenters. The van der Waals surface area contributed by atoms with Gasteiger partial charge in [-0.3, -0.25) is 4.79 Å². The minimum Gasteiger partial charge on any atom is -0.349 e. The highest BCUT2D eigenvalue weighted by Crippen LogP contribution is 2.40. The molecule has 1 aromatic carbocycles. The van der Waals surface area contributed by atoms with E-state index in [1.807, 2.05) is 13.8 Å². The van der Waals surface area contributed by atoms with Crippen molar-refractivity contribution in [2.75, 3.05) is 0 Å². The number of fused-ring (bicyclic) bond motifs is 3. The summed E-state index contributed by atoms with van der Waals surface area (Å²) in [4.78, 5) is 24.1. The Morgan fingerprint density at radius 3 is 2.71 bits per heavy atom. The lowest BCUT2D eigenvalue weighted by Gasteiger charge is -2.18. The molecule has 1 amide bonds. The number of carbonyl (C=O) groups excluding carboxylic acids is 1. The number of aryl methyl sites for hydroxylation is 2. The second kappa shape index (κ2) is 8.17. The van der Waals surface area contributed by atoms with Gasteiger partial charge in [0.25, 0.3) is 0 Å². The average Bonchev–Trinajstić information content (AvgIpc) is 3.08. The van der Waals surface area contributed by atoms with Crippen LogP contribution in [0.25, 0.3) is 10.2 Å². The quantitative estimate of drug-likeness (QED) is 0.467. The van der Waals surface area contributed by atoms with E-state index >= 15 is 0 Å². The van der Waals surface area contributed by atoms with Crippen LogP contribution in [-0.2, 0) is 17.6 Å². The number of nitrogens with zero attached hydrogens (tertiary/aromatic N) is 2. The molecule has 0 aliphatic heterocycles. The van der Waals surface area contributed by atoms with Crippen molar-refractivity contribution in [2.24, 2.45) is 0 Å². The van der Waals surface area contributed by atoms with Gasteiger partial charge in [0, 0.05) is 10.3 Å². The summed E-state index contributed by atoms with van der Waals surface area (Å²) in [5.41, 5.74) is 2.25. The van der Waals surface area contributed by atoms with Gasteiger partial charge in [-0.2, -0.15) is 0 Å². The molecule has 1 aliphatic carbocycles. The third kappa shape index (κ3) is 3.91. The van der Waals surface area contributed by atoms with E-state index in [2.05, 4.69) is 15.3 Å². The Labute approximate surface area is 172 Å². The maximum atomic E-state index is 13.1. The van der Waals surface area contributed by atoms with E-state index in [9.17, 15) is 9.18 Å². The molecular formula is C21H22FN3OS2. The molecule has 2 heterocycles. The molecule has 1 N–H and O–H groups in total. The first-order valence-electron chi connectivity index (χ1n) is 9.50. The Bertz CT molecular complexity index is 1000. The van der Waals surface area contributed by atoms with Crippen LogP contribution in [0.4, 0.5) is 4.39 Å². The van der Waals surface area contributed by atoms with Gasteiger partial charge < -0.3 is 5.32 Å². The Kier molecular flexibility index (Phi) is 5.64. The van der Waals surface area contributed by atoms with Crippen molar-refractivity contribution < 1.29 is 9.18 Å². The number of aromatic nitrogens is 2. The minimum atomic E-state index is -0.292. The second-order valence-corrected chi connectivity index (χ2v) is 9.52. The molecule has 0 fully saturated rings. The van der Waals surface area contributed by atoms with Gasteiger partial charge in [-0.1, -0.05) is 23.9 Å².